The third-order valence-corrected chi connectivity index (χ3v) is 12.9. The number of benzene rings is 5. The highest BCUT2D eigenvalue weighted by molar-refractivity contribution is 7.01. The van der Waals surface area contributed by atoms with Crippen LogP contribution in [-0.4, -0.2) is 33.1 Å². The molecule has 1 aromatic heterocycles. The number of ether oxygens (including phenoxy) is 4. The number of furan rings is 1. The molecule has 0 amide bonds. The third-order valence-electron chi connectivity index (χ3n) is 12.9. The molecule has 0 atom stereocenters. The first-order valence-corrected chi connectivity index (χ1v) is 21.8. The topological polar surface area (TPSA) is 56.5 Å². The number of nitrogens with zero attached hydrogens (tertiary/aromatic N) is 2. The van der Waals surface area contributed by atoms with Crippen LogP contribution in [0, 0.1) is 13.8 Å². The summed E-state index contributed by atoms with van der Waals surface area (Å²) in [6, 6.07) is 27.3. The van der Waals surface area contributed by atoms with Crippen LogP contribution in [0.4, 0.5) is 34.3 Å². The van der Waals surface area contributed by atoms with Crippen LogP contribution in [0.2, 0.25) is 0 Å². The van der Waals surface area contributed by atoms with Crippen molar-refractivity contribution in [1.29, 1.82) is 0 Å². The van der Waals surface area contributed by atoms with E-state index in [1.807, 2.05) is 0 Å². The van der Waals surface area contributed by atoms with Crippen molar-refractivity contribution in [1.82, 2.24) is 0 Å². The van der Waals surface area contributed by atoms with E-state index in [-0.39, 0.29) is 23.0 Å². The number of rotatable bonds is 2. The van der Waals surface area contributed by atoms with Gasteiger partial charge in [-0.15, -0.1) is 0 Å². The Labute approximate surface area is 355 Å². The van der Waals surface area contributed by atoms with Gasteiger partial charge in [0.15, 0.2) is 23.0 Å². The Balaban J connectivity index is 1.35. The Bertz CT molecular complexity index is 2700. The van der Waals surface area contributed by atoms with Crippen LogP contribution in [0.15, 0.2) is 77.2 Å². The van der Waals surface area contributed by atoms with E-state index in [0.29, 0.717) is 26.4 Å². The van der Waals surface area contributed by atoms with Crippen LogP contribution in [-0.2, 0) is 16.2 Å². The lowest BCUT2D eigenvalue weighted by molar-refractivity contribution is 0.296. The van der Waals surface area contributed by atoms with Crippen LogP contribution < -0.4 is 45.1 Å². The Kier molecular flexibility index (Phi) is 8.71. The summed E-state index contributed by atoms with van der Waals surface area (Å²) >= 11 is 0. The molecule has 60 heavy (non-hydrogen) atoms. The second-order valence-corrected chi connectivity index (χ2v) is 20.4. The van der Waals surface area contributed by atoms with Crippen molar-refractivity contribution in [2.75, 3.05) is 36.2 Å². The second kappa shape index (κ2) is 13.5. The van der Waals surface area contributed by atoms with Crippen LogP contribution in [0.1, 0.15) is 103 Å². The zero-order chi connectivity index (χ0) is 42.0. The molecule has 308 valence electrons. The van der Waals surface area contributed by atoms with E-state index in [4.69, 9.17) is 23.4 Å². The molecule has 0 unspecified atom stereocenters. The Morgan fingerprint density at radius 3 is 1.67 bits per heavy atom. The van der Waals surface area contributed by atoms with Crippen LogP contribution in [0.25, 0.3) is 11.0 Å². The van der Waals surface area contributed by atoms with E-state index in [1.165, 1.54) is 38.7 Å². The van der Waals surface area contributed by atoms with Crippen LogP contribution in [0.5, 0.6) is 23.0 Å². The molecule has 7 nitrogen and oxygen atoms in total. The Morgan fingerprint density at radius 1 is 0.500 bits per heavy atom. The summed E-state index contributed by atoms with van der Waals surface area (Å²) in [5, 5.41) is 1.13. The maximum Gasteiger partial charge on any atom is 0.257 e. The molecule has 0 saturated carbocycles. The molecule has 0 radical (unpaired) electrons. The molecule has 0 saturated heterocycles. The molecule has 4 aliphatic rings. The molecule has 0 aliphatic carbocycles. The Morgan fingerprint density at radius 2 is 1.05 bits per heavy atom. The minimum atomic E-state index is -0.177. The average molecular weight is 801 g/mol. The summed E-state index contributed by atoms with van der Waals surface area (Å²) in [5.74, 6) is 3.93. The number of anilines is 6. The molecule has 6 aromatic rings. The maximum absolute atomic E-state index is 7.27. The molecular formula is C52H57BN2O5. The van der Waals surface area contributed by atoms with Crippen molar-refractivity contribution in [2.45, 2.75) is 105 Å². The number of aryl methyl sites for hydroxylation is 2. The Hall–Kier alpha value is -5.50. The predicted octanol–water partition coefficient (Wildman–Crippen LogP) is 11.3. The van der Waals surface area contributed by atoms with Crippen molar-refractivity contribution < 1.29 is 23.4 Å². The van der Waals surface area contributed by atoms with Crippen LogP contribution >= 0.6 is 0 Å². The van der Waals surface area contributed by atoms with E-state index < -0.39 is 0 Å². The highest BCUT2D eigenvalue weighted by Gasteiger charge is 2.48. The smallest absolute Gasteiger partial charge is 0.257 e. The van der Waals surface area contributed by atoms with E-state index in [1.54, 1.807) is 0 Å². The van der Waals surface area contributed by atoms with Gasteiger partial charge in [-0.1, -0.05) is 80.5 Å². The van der Waals surface area contributed by atoms with E-state index in [2.05, 4.69) is 159 Å². The van der Waals surface area contributed by atoms with E-state index in [0.717, 1.165) is 86.6 Å². The van der Waals surface area contributed by atoms with Crippen molar-refractivity contribution in [2.24, 2.45) is 0 Å². The monoisotopic (exact) mass is 800 g/mol. The summed E-state index contributed by atoms with van der Waals surface area (Å²) in [7, 11) is 0. The van der Waals surface area contributed by atoms with Crippen LogP contribution in [0.3, 0.4) is 0 Å². The van der Waals surface area contributed by atoms with Gasteiger partial charge in [0.05, 0.1) is 37.8 Å². The first-order chi connectivity index (χ1) is 28.5. The van der Waals surface area contributed by atoms with Gasteiger partial charge in [0, 0.05) is 52.9 Å². The molecule has 0 bridgehead atoms. The first-order valence-electron chi connectivity index (χ1n) is 21.8. The van der Waals surface area contributed by atoms with E-state index in [9.17, 15) is 0 Å². The second-order valence-electron chi connectivity index (χ2n) is 20.4. The highest BCUT2D eigenvalue weighted by Crippen LogP contribution is 2.51. The predicted molar refractivity (Wildman–Crippen MR) is 247 cm³/mol. The van der Waals surface area contributed by atoms with Gasteiger partial charge >= 0.3 is 0 Å². The van der Waals surface area contributed by atoms with E-state index >= 15 is 0 Å². The molecule has 4 aliphatic heterocycles. The largest absolute Gasteiger partial charge is 0.490 e. The standard InChI is InChI=1S/C52H57BN2O5/c1-30-22-33(51(6,7)8)23-31(2)48(30)55-40-26-34(52(9,10)11)25-39-47(40)53(46-36-24-32(50(3,4)5)14-16-41(36)60-49(46)55)37-28-44-45(59-21-13-20-58-44)29-38(37)54(39)35-15-17-42-43(27-35)57-19-12-18-56-42/h14-17,22-29H,12-13,18-21H2,1-11H3. The van der Waals surface area contributed by atoms with Gasteiger partial charge in [0.2, 0.25) is 5.88 Å². The quantitative estimate of drug-likeness (QED) is 0.161. The summed E-state index contributed by atoms with van der Waals surface area (Å²) in [6.07, 6.45) is 1.66. The van der Waals surface area contributed by atoms with Gasteiger partial charge in [-0.3, -0.25) is 4.90 Å². The van der Waals surface area contributed by atoms with Crippen molar-refractivity contribution in [3.05, 3.63) is 101 Å². The molecule has 10 rings (SSSR count). The van der Waals surface area contributed by atoms with Crippen molar-refractivity contribution in [3.8, 4) is 23.0 Å². The molecular weight excluding hydrogens is 743 g/mol. The fraction of sp³-hybridized carbons (Fsp3) is 0.385. The summed E-state index contributed by atoms with van der Waals surface area (Å²) in [5.41, 5.74) is 15.9. The molecule has 5 heterocycles. The minimum absolute atomic E-state index is 0.00307. The van der Waals surface area contributed by atoms with Gasteiger partial charge in [0.1, 0.15) is 5.58 Å². The fourth-order valence-corrected chi connectivity index (χ4v) is 9.60. The van der Waals surface area contributed by atoms with Gasteiger partial charge in [-0.05, 0) is 111 Å². The molecule has 5 aromatic carbocycles. The average Bonchev–Trinajstić information content (AvgIpc) is 3.29. The molecule has 0 spiro atoms. The first kappa shape index (κ1) is 38.7. The highest BCUT2D eigenvalue weighted by atomic mass is 16.5. The normalized spacial score (nSPS) is 15.9. The van der Waals surface area contributed by atoms with Gasteiger partial charge < -0.3 is 28.3 Å². The molecule has 8 heteroatoms. The summed E-state index contributed by atoms with van der Waals surface area (Å²) in [6.45, 7) is 27.4. The minimum Gasteiger partial charge on any atom is -0.490 e. The lowest BCUT2D eigenvalue weighted by atomic mass is 9.33. The van der Waals surface area contributed by atoms with Gasteiger partial charge in [-0.2, -0.15) is 0 Å². The summed E-state index contributed by atoms with van der Waals surface area (Å²) in [4.78, 5) is 4.88. The lowest BCUT2D eigenvalue weighted by Gasteiger charge is -2.44. The van der Waals surface area contributed by atoms with Crippen molar-refractivity contribution >= 4 is 68.4 Å². The third kappa shape index (κ3) is 6.15. The number of fused-ring (bicyclic) bond motifs is 8. The molecule has 0 fully saturated rings. The maximum atomic E-state index is 7.27. The number of hydrogen-bond donors (Lipinski definition) is 0. The van der Waals surface area contributed by atoms with Gasteiger partial charge in [0.25, 0.3) is 6.71 Å². The zero-order valence-corrected chi connectivity index (χ0v) is 37.2. The number of hydrogen-bond acceptors (Lipinski definition) is 7. The lowest BCUT2D eigenvalue weighted by Crippen LogP contribution is -2.61. The fourth-order valence-electron chi connectivity index (χ4n) is 9.60. The zero-order valence-electron chi connectivity index (χ0n) is 37.2. The molecule has 0 N–H and O–H groups in total. The summed E-state index contributed by atoms with van der Waals surface area (Å²) < 4.78 is 32.8. The van der Waals surface area contributed by atoms with Gasteiger partial charge in [-0.25, -0.2) is 0 Å². The SMILES string of the molecule is Cc1cc(C(C)(C)C)cc(C)c1N1c2cc(C(C)(C)C)cc3c2B(c2cc4c(cc2N3c2ccc3c(c2)OCCCO3)OCCCO4)c2c1oc1ccc(C(C)(C)C)cc21. The van der Waals surface area contributed by atoms with Crippen molar-refractivity contribution in [3.63, 3.8) is 0 Å².